The highest BCUT2D eigenvalue weighted by Gasteiger charge is 2.40. The molecule has 5 heteroatoms. The molecule has 0 saturated carbocycles. The standard InChI is InChI=1S/C15H28N2O3/c1-14(2,3)20-13(19)17-10-15(4,5)8-6-11(17)12(18)7-9-16/h11H,6-10,16H2,1-5H3. The summed E-state index contributed by atoms with van der Waals surface area (Å²) in [5.41, 5.74) is 4.91. The molecule has 0 aliphatic carbocycles. The van der Waals surface area contributed by atoms with Crippen LogP contribution in [-0.4, -0.2) is 41.5 Å². The predicted octanol–water partition coefficient (Wildman–Crippen LogP) is 2.33. The topological polar surface area (TPSA) is 72.6 Å². The Hall–Kier alpha value is -1.10. The van der Waals surface area contributed by atoms with Gasteiger partial charge in [-0.2, -0.15) is 0 Å². The third-order valence-electron chi connectivity index (χ3n) is 3.46. The molecule has 1 atom stereocenters. The molecular weight excluding hydrogens is 256 g/mol. The lowest BCUT2D eigenvalue weighted by atomic mass is 9.80. The van der Waals surface area contributed by atoms with Crippen LogP contribution < -0.4 is 5.73 Å². The Balaban J connectivity index is 2.87. The van der Waals surface area contributed by atoms with Crippen molar-refractivity contribution in [3.8, 4) is 0 Å². The van der Waals surface area contributed by atoms with Gasteiger partial charge in [-0.05, 0) is 45.6 Å². The van der Waals surface area contributed by atoms with E-state index < -0.39 is 11.7 Å². The van der Waals surface area contributed by atoms with Gasteiger partial charge in [0.1, 0.15) is 5.60 Å². The van der Waals surface area contributed by atoms with Gasteiger partial charge in [0.25, 0.3) is 0 Å². The summed E-state index contributed by atoms with van der Waals surface area (Å²) < 4.78 is 5.43. The molecule has 1 unspecified atom stereocenters. The molecule has 0 spiro atoms. The van der Waals surface area contributed by atoms with E-state index in [4.69, 9.17) is 10.5 Å². The number of rotatable bonds is 3. The van der Waals surface area contributed by atoms with Crippen LogP contribution in [0.5, 0.6) is 0 Å². The molecule has 1 saturated heterocycles. The van der Waals surface area contributed by atoms with Crippen molar-refractivity contribution in [2.75, 3.05) is 13.1 Å². The second-order valence-corrected chi connectivity index (χ2v) is 7.33. The highest BCUT2D eigenvalue weighted by atomic mass is 16.6. The number of ketones is 1. The van der Waals surface area contributed by atoms with Crippen LogP contribution in [0, 0.1) is 5.41 Å². The van der Waals surface area contributed by atoms with Crippen LogP contribution in [0.15, 0.2) is 0 Å². The maximum atomic E-state index is 12.3. The molecule has 1 aliphatic rings. The molecule has 1 fully saturated rings. The van der Waals surface area contributed by atoms with Gasteiger partial charge >= 0.3 is 6.09 Å². The molecule has 1 rings (SSSR count). The highest BCUT2D eigenvalue weighted by molar-refractivity contribution is 5.87. The van der Waals surface area contributed by atoms with Gasteiger partial charge in [0.05, 0.1) is 6.04 Å². The molecule has 0 aromatic carbocycles. The van der Waals surface area contributed by atoms with E-state index in [0.29, 0.717) is 25.9 Å². The fraction of sp³-hybridized carbons (Fsp3) is 0.867. The van der Waals surface area contributed by atoms with Crippen molar-refractivity contribution in [2.45, 2.75) is 65.5 Å². The van der Waals surface area contributed by atoms with E-state index in [1.165, 1.54) is 0 Å². The second-order valence-electron chi connectivity index (χ2n) is 7.33. The largest absolute Gasteiger partial charge is 0.444 e. The van der Waals surface area contributed by atoms with E-state index in [-0.39, 0.29) is 17.2 Å². The van der Waals surface area contributed by atoms with Crippen LogP contribution in [0.1, 0.15) is 53.9 Å². The van der Waals surface area contributed by atoms with Crippen LogP contribution >= 0.6 is 0 Å². The number of hydrogen-bond acceptors (Lipinski definition) is 4. The van der Waals surface area contributed by atoms with Gasteiger partial charge in [-0.15, -0.1) is 0 Å². The first-order chi connectivity index (χ1) is 9.06. The Morgan fingerprint density at radius 2 is 1.95 bits per heavy atom. The summed E-state index contributed by atoms with van der Waals surface area (Å²) in [4.78, 5) is 26.1. The maximum Gasteiger partial charge on any atom is 0.410 e. The van der Waals surface area contributed by atoms with E-state index in [0.717, 1.165) is 6.42 Å². The first kappa shape index (κ1) is 17.0. The van der Waals surface area contributed by atoms with E-state index in [1.807, 2.05) is 20.8 Å². The molecular formula is C15H28N2O3. The molecule has 5 nitrogen and oxygen atoms in total. The number of Topliss-reactive ketones (excluding diaryl/α,β-unsaturated/α-hetero) is 1. The fourth-order valence-electron chi connectivity index (χ4n) is 2.49. The molecule has 0 radical (unpaired) electrons. The van der Waals surface area contributed by atoms with Crippen LogP contribution in [0.4, 0.5) is 4.79 Å². The molecule has 116 valence electrons. The van der Waals surface area contributed by atoms with E-state index in [9.17, 15) is 9.59 Å². The number of hydrogen-bond donors (Lipinski definition) is 1. The van der Waals surface area contributed by atoms with Gasteiger partial charge in [0.15, 0.2) is 5.78 Å². The first-order valence-electron chi connectivity index (χ1n) is 7.28. The zero-order valence-electron chi connectivity index (χ0n) is 13.4. The van der Waals surface area contributed by atoms with E-state index in [2.05, 4.69) is 13.8 Å². The lowest BCUT2D eigenvalue weighted by Crippen LogP contribution is -2.54. The van der Waals surface area contributed by atoms with Crippen LogP contribution in [-0.2, 0) is 9.53 Å². The van der Waals surface area contributed by atoms with Crippen molar-refractivity contribution in [3.63, 3.8) is 0 Å². The van der Waals surface area contributed by atoms with Crippen molar-refractivity contribution in [1.82, 2.24) is 4.90 Å². The molecule has 0 bridgehead atoms. The third kappa shape index (κ3) is 4.78. The first-order valence-corrected chi connectivity index (χ1v) is 7.28. The van der Waals surface area contributed by atoms with Gasteiger partial charge in [-0.3, -0.25) is 9.69 Å². The minimum absolute atomic E-state index is 0.0103. The summed E-state index contributed by atoms with van der Waals surface area (Å²) >= 11 is 0. The number of carbonyl (C=O) groups excluding carboxylic acids is 2. The molecule has 1 heterocycles. The van der Waals surface area contributed by atoms with Crippen molar-refractivity contribution in [1.29, 1.82) is 0 Å². The minimum Gasteiger partial charge on any atom is -0.444 e. The zero-order valence-corrected chi connectivity index (χ0v) is 13.4. The lowest BCUT2D eigenvalue weighted by molar-refractivity contribution is -0.126. The second kappa shape index (κ2) is 6.12. The van der Waals surface area contributed by atoms with Gasteiger partial charge in [-0.25, -0.2) is 4.79 Å². The SMILES string of the molecule is CC1(C)CCC(C(=O)CCN)N(C(=O)OC(C)(C)C)C1. The monoisotopic (exact) mass is 284 g/mol. The average Bonchev–Trinajstić information content (AvgIpc) is 2.25. The molecule has 20 heavy (non-hydrogen) atoms. The van der Waals surface area contributed by atoms with Crippen LogP contribution in [0.3, 0.4) is 0 Å². The Bertz CT molecular complexity index is 372. The molecule has 0 aromatic heterocycles. The van der Waals surface area contributed by atoms with E-state index >= 15 is 0 Å². The third-order valence-corrected chi connectivity index (χ3v) is 3.46. The average molecular weight is 284 g/mol. The number of carbonyl (C=O) groups is 2. The Morgan fingerprint density at radius 3 is 2.45 bits per heavy atom. The van der Waals surface area contributed by atoms with Crippen LogP contribution in [0.2, 0.25) is 0 Å². The van der Waals surface area contributed by atoms with Gasteiger partial charge in [0.2, 0.25) is 0 Å². The molecule has 2 N–H and O–H groups in total. The van der Waals surface area contributed by atoms with Crippen molar-refractivity contribution in [3.05, 3.63) is 0 Å². The molecule has 0 aromatic rings. The Kier molecular flexibility index (Phi) is 5.19. The van der Waals surface area contributed by atoms with Crippen LogP contribution in [0.25, 0.3) is 0 Å². The van der Waals surface area contributed by atoms with Crippen molar-refractivity contribution >= 4 is 11.9 Å². The van der Waals surface area contributed by atoms with Crippen molar-refractivity contribution < 1.29 is 14.3 Å². The fourth-order valence-corrected chi connectivity index (χ4v) is 2.49. The smallest absolute Gasteiger partial charge is 0.410 e. The van der Waals surface area contributed by atoms with E-state index in [1.54, 1.807) is 4.90 Å². The van der Waals surface area contributed by atoms with Gasteiger partial charge < -0.3 is 10.5 Å². The summed E-state index contributed by atoms with van der Waals surface area (Å²) in [5, 5.41) is 0. The summed E-state index contributed by atoms with van der Waals surface area (Å²) in [6.45, 7) is 10.6. The summed E-state index contributed by atoms with van der Waals surface area (Å²) in [6, 6.07) is -0.388. The summed E-state index contributed by atoms with van der Waals surface area (Å²) in [5.74, 6) is 0.0360. The molecule has 1 amide bonds. The number of ether oxygens (including phenoxy) is 1. The highest BCUT2D eigenvalue weighted by Crippen LogP contribution is 2.33. The quantitative estimate of drug-likeness (QED) is 0.863. The maximum absolute atomic E-state index is 12.3. The minimum atomic E-state index is -0.555. The number of amides is 1. The number of nitrogens with two attached hydrogens (primary N) is 1. The van der Waals surface area contributed by atoms with Gasteiger partial charge in [-0.1, -0.05) is 13.8 Å². The zero-order chi connectivity index (χ0) is 15.6. The Morgan fingerprint density at radius 1 is 1.35 bits per heavy atom. The Labute approximate surface area is 121 Å². The van der Waals surface area contributed by atoms with Crippen molar-refractivity contribution in [2.24, 2.45) is 11.1 Å². The molecule has 1 aliphatic heterocycles. The summed E-state index contributed by atoms with van der Waals surface area (Å²) in [7, 11) is 0. The predicted molar refractivity (Wildman–Crippen MR) is 78.4 cm³/mol. The number of piperidine rings is 1. The summed E-state index contributed by atoms with van der Waals surface area (Å²) in [6.07, 6.45) is 1.52. The normalized spacial score (nSPS) is 22.5. The number of nitrogens with zero attached hydrogens (tertiary/aromatic N) is 1. The van der Waals surface area contributed by atoms with Gasteiger partial charge in [0, 0.05) is 13.0 Å². The number of likely N-dealkylation sites (tertiary alicyclic amines) is 1. The lowest BCUT2D eigenvalue weighted by Gasteiger charge is -2.43.